The van der Waals surface area contributed by atoms with Gasteiger partial charge in [-0.2, -0.15) is 0 Å². The van der Waals surface area contributed by atoms with Gasteiger partial charge in [-0.25, -0.2) is 0 Å². The Balaban J connectivity index is 1.75. The number of nitrogens with zero attached hydrogens (tertiary/aromatic N) is 1. The molecule has 1 fully saturated rings. The summed E-state index contributed by atoms with van der Waals surface area (Å²) in [6, 6.07) is 2.41. The first-order valence-corrected chi connectivity index (χ1v) is 8.15. The first-order valence-electron chi connectivity index (χ1n) is 7.27. The Kier molecular flexibility index (Phi) is 3.63. The van der Waals surface area contributed by atoms with Crippen LogP contribution in [0, 0.1) is 5.92 Å². The number of piperidine rings is 1. The van der Waals surface area contributed by atoms with E-state index in [2.05, 4.69) is 18.4 Å². The van der Waals surface area contributed by atoms with Gasteiger partial charge >= 0.3 is 0 Å². The quantitative estimate of drug-likeness (QED) is 0.857. The number of aryl methyl sites for hydroxylation is 1. The molecule has 0 bridgehead atoms. The van der Waals surface area contributed by atoms with Crippen LogP contribution in [0.4, 0.5) is 0 Å². The zero-order valence-electron chi connectivity index (χ0n) is 11.5. The first-order chi connectivity index (χ1) is 9.16. The fraction of sp³-hybridized carbons (Fsp3) is 0.667. The van der Waals surface area contributed by atoms with Gasteiger partial charge in [0.15, 0.2) is 0 Å². The van der Waals surface area contributed by atoms with Crippen LogP contribution in [0.25, 0.3) is 0 Å². The number of hydrogen-bond acceptors (Lipinski definition) is 3. The van der Waals surface area contributed by atoms with Gasteiger partial charge in [0.25, 0.3) is 0 Å². The van der Waals surface area contributed by atoms with Crippen LogP contribution >= 0.6 is 11.3 Å². The molecular formula is C15H22N2OS. The second-order valence-electron chi connectivity index (χ2n) is 5.96. The van der Waals surface area contributed by atoms with E-state index < -0.39 is 0 Å². The first kappa shape index (κ1) is 13.1. The van der Waals surface area contributed by atoms with Crippen molar-refractivity contribution in [2.45, 2.75) is 44.6 Å². The van der Waals surface area contributed by atoms with E-state index in [1.165, 1.54) is 10.4 Å². The van der Waals surface area contributed by atoms with E-state index in [0.717, 1.165) is 38.8 Å². The lowest BCUT2D eigenvalue weighted by Gasteiger charge is -2.37. The van der Waals surface area contributed by atoms with Crippen molar-refractivity contribution < 1.29 is 4.79 Å². The Hall–Kier alpha value is -0.870. The van der Waals surface area contributed by atoms with Crippen molar-refractivity contribution in [3.05, 3.63) is 21.9 Å². The van der Waals surface area contributed by atoms with E-state index in [4.69, 9.17) is 5.73 Å². The van der Waals surface area contributed by atoms with Crippen molar-refractivity contribution in [3.8, 4) is 0 Å². The van der Waals surface area contributed by atoms with Crippen LogP contribution in [0.2, 0.25) is 0 Å². The summed E-state index contributed by atoms with van der Waals surface area (Å²) in [4.78, 5) is 16.2. The molecule has 104 valence electrons. The van der Waals surface area contributed by atoms with Gasteiger partial charge in [0.1, 0.15) is 0 Å². The zero-order valence-corrected chi connectivity index (χ0v) is 12.3. The predicted octanol–water partition coefficient (Wildman–Crippen LogP) is 2.36. The molecule has 1 aliphatic carbocycles. The number of fused-ring (bicyclic) bond motifs is 1. The number of rotatable bonds is 1. The van der Waals surface area contributed by atoms with Gasteiger partial charge in [0, 0.05) is 24.0 Å². The van der Waals surface area contributed by atoms with Gasteiger partial charge in [0.05, 0.1) is 5.92 Å². The van der Waals surface area contributed by atoms with Gasteiger partial charge in [-0.05, 0) is 48.6 Å². The highest BCUT2D eigenvalue weighted by Crippen LogP contribution is 2.36. The van der Waals surface area contributed by atoms with Crippen LogP contribution in [0.1, 0.15) is 42.5 Å². The molecule has 2 aliphatic rings. The molecule has 2 heterocycles. The summed E-state index contributed by atoms with van der Waals surface area (Å²) < 4.78 is 0. The average Bonchev–Trinajstić information content (AvgIpc) is 2.89. The second-order valence-corrected chi connectivity index (χ2v) is 6.96. The van der Waals surface area contributed by atoms with Gasteiger partial charge in [-0.3, -0.25) is 4.79 Å². The van der Waals surface area contributed by atoms with Crippen molar-refractivity contribution in [3.63, 3.8) is 0 Å². The SMILES string of the molecule is CC1CN(C(=O)C2CCCc3sccc32)CCC1N. The third-order valence-corrected chi connectivity index (χ3v) is 5.63. The fourth-order valence-electron chi connectivity index (χ4n) is 3.33. The third-order valence-electron chi connectivity index (χ3n) is 4.63. The topological polar surface area (TPSA) is 46.3 Å². The molecule has 3 atom stereocenters. The molecule has 0 radical (unpaired) electrons. The van der Waals surface area contributed by atoms with Crippen molar-refractivity contribution in [1.82, 2.24) is 4.90 Å². The Morgan fingerprint density at radius 3 is 3.11 bits per heavy atom. The normalized spacial score (nSPS) is 31.1. The van der Waals surface area contributed by atoms with Crippen LogP contribution in [0.5, 0.6) is 0 Å². The Labute approximate surface area is 118 Å². The maximum absolute atomic E-state index is 12.8. The molecule has 0 spiro atoms. The molecule has 0 aromatic carbocycles. The molecule has 1 aromatic rings. The second kappa shape index (κ2) is 5.25. The highest BCUT2D eigenvalue weighted by atomic mass is 32.1. The molecule has 1 aliphatic heterocycles. The van der Waals surface area contributed by atoms with E-state index in [9.17, 15) is 4.79 Å². The minimum atomic E-state index is 0.108. The molecule has 1 amide bonds. The molecule has 4 heteroatoms. The monoisotopic (exact) mass is 278 g/mol. The Bertz CT molecular complexity index is 470. The molecule has 1 aromatic heterocycles. The molecule has 0 saturated carbocycles. The largest absolute Gasteiger partial charge is 0.342 e. The van der Waals surface area contributed by atoms with E-state index in [1.807, 2.05) is 4.90 Å². The van der Waals surface area contributed by atoms with Gasteiger partial charge in [-0.15, -0.1) is 11.3 Å². The lowest BCUT2D eigenvalue weighted by molar-refractivity contribution is -0.135. The smallest absolute Gasteiger partial charge is 0.230 e. The average molecular weight is 278 g/mol. The highest BCUT2D eigenvalue weighted by molar-refractivity contribution is 7.10. The Morgan fingerprint density at radius 1 is 1.47 bits per heavy atom. The molecule has 1 saturated heterocycles. The summed E-state index contributed by atoms with van der Waals surface area (Å²) in [5.74, 6) is 0.859. The maximum Gasteiger partial charge on any atom is 0.230 e. The van der Waals surface area contributed by atoms with Crippen LogP contribution in [-0.4, -0.2) is 29.9 Å². The minimum absolute atomic E-state index is 0.108. The number of amides is 1. The maximum atomic E-state index is 12.8. The standard InChI is InChI=1S/C15H22N2OS/c1-10-9-17(7-5-13(10)16)15(18)12-3-2-4-14-11(12)6-8-19-14/h6,8,10,12-13H,2-5,7,9,16H2,1H3. The molecule has 3 unspecified atom stereocenters. The molecule has 19 heavy (non-hydrogen) atoms. The zero-order chi connectivity index (χ0) is 13.4. The number of hydrogen-bond donors (Lipinski definition) is 1. The molecule has 3 nitrogen and oxygen atoms in total. The van der Waals surface area contributed by atoms with Crippen molar-refractivity contribution in [2.24, 2.45) is 11.7 Å². The fourth-order valence-corrected chi connectivity index (χ4v) is 4.31. The number of carbonyl (C=O) groups is 1. The van der Waals surface area contributed by atoms with Crippen LogP contribution in [0.15, 0.2) is 11.4 Å². The van der Waals surface area contributed by atoms with E-state index in [1.54, 1.807) is 11.3 Å². The van der Waals surface area contributed by atoms with E-state index >= 15 is 0 Å². The van der Waals surface area contributed by atoms with Crippen molar-refractivity contribution >= 4 is 17.2 Å². The summed E-state index contributed by atoms with van der Waals surface area (Å²) >= 11 is 1.80. The van der Waals surface area contributed by atoms with E-state index in [0.29, 0.717) is 11.8 Å². The number of nitrogens with two attached hydrogens (primary N) is 1. The van der Waals surface area contributed by atoms with Gasteiger partial charge in [-0.1, -0.05) is 6.92 Å². The van der Waals surface area contributed by atoms with Gasteiger partial charge in [0.2, 0.25) is 5.91 Å². The van der Waals surface area contributed by atoms with E-state index in [-0.39, 0.29) is 12.0 Å². The van der Waals surface area contributed by atoms with Crippen molar-refractivity contribution in [2.75, 3.05) is 13.1 Å². The van der Waals surface area contributed by atoms with Crippen LogP contribution < -0.4 is 5.73 Å². The highest BCUT2D eigenvalue weighted by Gasteiger charge is 2.33. The summed E-state index contributed by atoms with van der Waals surface area (Å²) in [5.41, 5.74) is 7.34. The van der Waals surface area contributed by atoms with Crippen molar-refractivity contribution in [1.29, 1.82) is 0 Å². The molecular weight excluding hydrogens is 256 g/mol. The number of carbonyl (C=O) groups excluding carboxylic acids is 1. The number of thiophene rings is 1. The summed E-state index contributed by atoms with van der Waals surface area (Å²) in [6.07, 6.45) is 4.25. The third kappa shape index (κ3) is 2.43. The Morgan fingerprint density at radius 2 is 2.32 bits per heavy atom. The summed E-state index contributed by atoms with van der Waals surface area (Å²) in [7, 11) is 0. The minimum Gasteiger partial charge on any atom is -0.342 e. The number of likely N-dealkylation sites (tertiary alicyclic amines) is 1. The lowest BCUT2D eigenvalue weighted by atomic mass is 9.85. The van der Waals surface area contributed by atoms with Gasteiger partial charge < -0.3 is 10.6 Å². The lowest BCUT2D eigenvalue weighted by Crippen LogP contribution is -2.49. The molecule has 2 N–H and O–H groups in total. The van der Waals surface area contributed by atoms with Crippen LogP contribution in [-0.2, 0) is 11.2 Å². The predicted molar refractivity (Wildman–Crippen MR) is 78.3 cm³/mol. The summed E-state index contributed by atoms with van der Waals surface area (Å²) in [6.45, 7) is 3.82. The van der Waals surface area contributed by atoms with Crippen LogP contribution in [0.3, 0.4) is 0 Å². The summed E-state index contributed by atoms with van der Waals surface area (Å²) in [5, 5.41) is 2.13. The molecule has 3 rings (SSSR count).